The third-order valence-electron chi connectivity index (χ3n) is 2.68. The maximum absolute atomic E-state index is 12.0. The second kappa shape index (κ2) is 5.69. The van der Waals surface area contributed by atoms with Crippen LogP contribution in [-0.4, -0.2) is 14.2 Å². The maximum atomic E-state index is 12.0. The van der Waals surface area contributed by atoms with Gasteiger partial charge in [0.25, 0.3) is 0 Å². The monoisotopic (exact) mass is 272 g/mol. The van der Waals surface area contributed by atoms with Gasteiger partial charge in [0.15, 0.2) is 9.84 Å². The molecule has 1 rings (SSSR count). The molecule has 1 aromatic rings. The first-order valence-corrected chi connectivity index (χ1v) is 7.52. The fraction of sp³-hybridized carbons (Fsp3) is 0.385. The van der Waals surface area contributed by atoms with E-state index in [9.17, 15) is 8.42 Å². The van der Waals surface area contributed by atoms with Gasteiger partial charge in [-0.2, -0.15) is 0 Å². The van der Waals surface area contributed by atoms with Gasteiger partial charge in [-0.1, -0.05) is 37.6 Å². The van der Waals surface area contributed by atoms with Crippen LogP contribution in [0.2, 0.25) is 5.02 Å². The summed E-state index contributed by atoms with van der Waals surface area (Å²) in [7, 11) is -3.23. The molecule has 1 aromatic carbocycles. The standard InChI is InChI=1S/C13H17ClO2S/c1-10(2)11(3)8-9-17(15,16)13-6-4-12(14)5-7-13/h4-7,10H,3,8-9H2,1-2H3. The summed E-state index contributed by atoms with van der Waals surface area (Å²) in [5, 5.41) is 0.538. The van der Waals surface area contributed by atoms with E-state index >= 15 is 0 Å². The quantitative estimate of drug-likeness (QED) is 0.766. The first-order chi connectivity index (χ1) is 7.83. The van der Waals surface area contributed by atoms with Crippen molar-refractivity contribution in [3.63, 3.8) is 0 Å². The van der Waals surface area contributed by atoms with Gasteiger partial charge >= 0.3 is 0 Å². The molecule has 17 heavy (non-hydrogen) atoms. The van der Waals surface area contributed by atoms with Crippen molar-refractivity contribution in [3.05, 3.63) is 41.4 Å². The van der Waals surface area contributed by atoms with Crippen molar-refractivity contribution >= 4 is 21.4 Å². The first-order valence-electron chi connectivity index (χ1n) is 5.49. The molecular formula is C13H17ClO2S. The van der Waals surface area contributed by atoms with Crippen molar-refractivity contribution in [3.8, 4) is 0 Å². The van der Waals surface area contributed by atoms with Crippen LogP contribution in [0.3, 0.4) is 0 Å². The lowest BCUT2D eigenvalue weighted by molar-refractivity contribution is 0.593. The number of halogens is 1. The zero-order chi connectivity index (χ0) is 13.1. The number of hydrogen-bond acceptors (Lipinski definition) is 2. The van der Waals surface area contributed by atoms with Crippen molar-refractivity contribution in [2.24, 2.45) is 5.92 Å². The molecule has 0 atom stereocenters. The minimum absolute atomic E-state index is 0.103. The summed E-state index contributed by atoms with van der Waals surface area (Å²) >= 11 is 5.72. The van der Waals surface area contributed by atoms with Gasteiger partial charge in [-0.25, -0.2) is 8.42 Å². The molecule has 94 valence electrons. The first kappa shape index (κ1) is 14.3. The van der Waals surface area contributed by atoms with E-state index in [1.807, 2.05) is 13.8 Å². The summed E-state index contributed by atoms with van der Waals surface area (Å²) in [4.78, 5) is 0.318. The van der Waals surface area contributed by atoms with E-state index < -0.39 is 9.84 Å². The van der Waals surface area contributed by atoms with Gasteiger partial charge in [0.2, 0.25) is 0 Å². The minimum Gasteiger partial charge on any atom is -0.224 e. The fourth-order valence-corrected chi connectivity index (χ4v) is 2.76. The second-order valence-electron chi connectivity index (χ2n) is 4.34. The van der Waals surface area contributed by atoms with Crippen molar-refractivity contribution in [2.45, 2.75) is 25.2 Å². The van der Waals surface area contributed by atoms with Gasteiger partial charge < -0.3 is 0 Å². The Morgan fingerprint density at radius 2 is 1.82 bits per heavy atom. The van der Waals surface area contributed by atoms with Gasteiger partial charge in [-0.15, -0.1) is 0 Å². The molecule has 0 saturated carbocycles. The molecule has 0 heterocycles. The smallest absolute Gasteiger partial charge is 0.178 e. The fourth-order valence-electron chi connectivity index (χ4n) is 1.31. The average Bonchev–Trinajstić information content (AvgIpc) is 2.26. The molecule has 0 N–H and O–H groups in total. The molecule has 0 aliphatic heterocycles. The average molecular weight is 273 g/mol. The Bertz CT molecular complexity index is 487. The molecule has 2 nitrogen and oxygen atoms in total. The molecule has 4 heteroatoms. The Morgan fingerprint density at radius 3 is 2.29 bits per heavy atom. The lowest BCUT2D eigenvalue weighted by Crippen LogP contribution is -2.08. The zero-order valence-electron chi connectivity index (χ0n) is 10.1. The second-order valence-corrected chi connectivity index (χ2v) is 6.88. The number of hydrogen-bond donors (Lipinski definition) is 0. The molecule has 0 spiro atoms. The summed E-state index contributed by atoms with van der Waals surface area (Å²) in [6, 6.07) is 6.25. The Morgan fingerprint density at radius 1 is 1.29 bits per heavy atom. The third kappa shape index (κ3) is 4.17. The largest absolute Gasteiger partial charge is 0.224 e. The Labute approximate surface area is 108 Å². The van der Waals surface area contributed by atoms with Crippen LogP contribution in [0.15, 0.2) is 41.3 Å². The Balaban J connectivity index is 2.76. The van der Waals surface area contributed by atoms with Gasteiger partial charge in [-0.05, 0) is 36.6 Å². The van der Waals surface area contributed by atoms with Gasteiger partial charge in [0.05, 0.1) is 10.6 Å². The van der Waals surface area contributed by atoms with Crippen molar-refractivity contribution in [2.75, 3.05) is 5.75 Å². The summed E-state index contributed by atoms with van der Waals surface area (Å²) in [6.45, 7) is 7.90. The van der Waals surface area contributed by atoms with Crippen LogP contribution in [0.4, 0.5) is 0 Å². The number of sulfone groups is 1. The van der Waals surface area contributed by atoms with E-state index in [0.717, 1.165) is 5.57 Å². The van der Waals surface area contributed by atoms with E-state index in [1.54, 1.807) is 12.1 Å². The summed E-state index contributed by atoms with van der Waals surface area (Å²) in [6.07, 6.45) is 0.503. The highest BCUT2D eigenvalue weighted by atomic mass is 35.5. The molecule has 0 aliphatic rings. The third-order valence-corrected chi connectivity index (χ3v) is 4.67. The summed E-state index contributed by atoms with van der Waals surface area (Å²) in [5.74, 6) is 0.418. The number of benzene rings is 1. The summed E-state index contributed by atoms with van der Waals surface area (Å²) in [5.41, 5.74) is 0.961. The van der Waals surface area contributed by atoms with Crippen LogP contribution in [0.25, 0.3) is 0 Å². The van der Waals surface area contributed by atoms with Gasteiger partial charge in [-0.3, -0.25) is 0 Å². The molecule has 0 bridgehead atoms. The Hall–Kier alpha value is -0.800. The molecule has 0 radical (unpaired) electrons. The van der Waals surface area contributed by atoms with Crippen LogP contribution >= 0.6 is 11.6 Å². The lowest BCUT2D eigenvalue weighted by Gasteiger charge is -2.09. The highest BCUT2D eigenvalue weighted by Gasteiger charge is 2.15. The minimum atomic E-state index is -3.23. The van der Waals surface area contributed by atoms with Crippen LogP contribution in [-0.2, 0) is 9.84 Å². The number of rotatable bonds is 5. The SMILES string of the molecule is C=C(CCS(=O)(=O)c1ccc(Cl)cc1)C(C)C. The topological polar surface area (TPSA) is 34.1 Å². The van der Waals surface area contributed by atoms with Crippen molar-refractivity contribution in [1.82, 2.24) is 0 Å². The molecule has 0 unspecified atom stereocenters. The van der Waals surface area contributed by atoms with Crippen LogP contribution in [0.5, 0.6) is 0 Å². The molecular weight excluding hydrogens is 256 g/mol. The van der Waals surface area contributed by atoms with E-state index in [4.69, 9.17) is 11.6 Å². The molecule has 0 aliphatic carbocycles. The molecule has 0 amide bonds. The van der Waals surface area contributed by atoms with E-state index in [-0.39, 0.29) is 5.75 Å². The lowest BCUT2D eigenvalue weighted by atomic mass is 10.0. The van der Waals surface area contributed by atoms with E-state index in [0.29, 0.717) is 22.3 Å². The highest BCUT2D eigenvalue weighted by Crippen LogP contribution is 2.19. The Kier molecular flexibility index (Phi) is 4.78. The van der Waals surface area contributed by atoms with Crippen LogP contribution < -0.4 is 0 Å². The summed E-state index contributed by atoms with van der Waals surface area (Å²) < 4.78 is 24.0. The maximum Gasteiger partial charge on any atom is 0.178 e. The predicted octanol–water partition coefficient (Wildman–Crippen LogP) is 3.72. The van der Waals surface area contributed by atoms with E-state index in [2.05, 4.69) is 6.58 Å². The molecule has 0 aromatic heterocycles. The van der Waals surface area contributed by atoms with Crippen LogP contribution in [0.1, 0.15) is 20.3 Å². The zero-order valence-corrected chi connectivity index (χ0v) is 11.7. The number of allylic oxidation sites excluding steroid dienone is 1. The normalized spacial score (nSPS) is 11.8. The van der Waals surface area contributed by atoms with Gasteiger partial charge in [0, 0.05) is 5.02 Å². The van der Waals surface area contributed by atoms with E-state index in [1.165, 1.54) is 12.1 Å². The molecule has 0 saturated heterocycles. The van der Waals surface area contributed by atoms with Crippen molar-refractivity contribution < 1.29 is 8.42 Å². The predicted molar refractivity (Wildman–Crippen MR) is 72.1 cm³/mol. The molecule has 0 fully saturated rings. The van der Waals surface area contributed by atoms with Crippen LogP contribution in [0, 0.1) is 5.92 Å². The highest BCUT2D eigenvalue weighted by molar-refractivity contribution is 7.91. The van der Waals surface area contributed by atoms with Gasteiger partial charge in [0.1, 0.15) is 0 Å². The van der Waals surface area contributed by atoms with Crippen molar-refractivity contribution in [1.29, 1.82) is 0 Å².